The van der Waals surface area contributed by atoms with E-state index in [9.17, 15) is 13.2 Å². The van der Waals surface area contributed by atoms with Crippen LogP contribution in [0.5, 0.6) is 0 Å². The first kappa shape index (κ1) is 22.6. The third-order valence-corrected chi connectivity index (χ3v) is 8.07. The van der Waals surface area contributed by atoms with Crippen LogP contribution in [0.3, 0.4) is 0 Å². The van der Waals surface area contributed by atoms with Crippen molar-refractivity contribution in [1.82, 2.24) is 15.4 Å². The minimum atomic E-state index is -3.71. The van der Waals surface area contributed by atoms with Gasteiger partial charge >= 0.3 is 0 Å². The second kappa shape index (κ2) is 9.08. The SMILES string of the molecule is O=C(NCC1(c2ccc(Cl)cc2)CC1)[C@@H]1CNC[C@@H](NS(=O)(=O)c2cccc(Cl)c2)C1. The summed E-state index contributed by atoms with van der Waals surface area (Å²) in [5.41, 5.74) is 1.17. The van der Waals surface area contributed by atoms with Gasteiger partial charge in [0.2, 0.25) is 15.9 Å². The van der Waals surface area contributed by atoms with Gasteiger partial charge in [-0.2, -0.15) is 0 Å². The average molecular weight is 482 g/mol. The summed E-state index contributed by atoms with van der Waals surface area (Å²) in [6.07, 6.45) is 2.49. The second-order valence-corrected chi connectivity index (χ2v) is 11.0. The van der Waals surface area contributed by atoms with E-state index < -0.39 is 10.0 Å². The molecule has 0 bridgehead atoms. The minimum Gasteiger partial charge on any atom is -0.355 e. The first-order valence-corrected chi connectivity index (χ1v) is 12.5. The van der Waals surface area contributed by atoms with E-state index in [0.717, 1.165) is 12.8 Å². The van der Waals surface area contributed by atoms with Crippen molar-refractivity contribution >= 4 is 39.1 Å². The van der Waals surface area contributed by atoms with Crippen LogP contribution < -0.4 is 15.4 Å². The Kier molecular flexibility index (Phi) is 6.60. The van der Waals surface area contributed by atoms with Crippen LogP contribution in [0.25, 0.3) is 0 Å². The number of piperidine rings is 1. The molecule has 9 heteroatoms. The lowest BCUT2D eigenvalue weighted by Gasteiger charge is -2.30. The minimum absolute atomic E-state index is 0.0179. The van der Waals surface area contributed by atoms with Gasteiger partial charge in [0.05, 0.1) is 10.8 Å². The molecule has 6 nitrogen and oxygen atoms in total. The van der Waals surface area contributed by atoms with Gasteiger partial charge in [0.1, 0.15) is 0 Å². The fourth-order valence-corrected chi connectivity index (χ4v) is 5.75. The molecule has 1 amide bonds. The molecular formula is C22H25Cl2N3O3S. The molecule has 2 fully saturated rings. The maximum Gasteiger partial charge on any atom is 0.240 e. The summed E-state index contributed by atoms with van der Waals surface area (Å²) in [5.74, 6) is -0.360. The predicted molar refractivity (Wildman–Crippen MR) is 122 cm³/mol. The lowest BCUT2D eigenvalue weighted by molar-refractivity contribution is -0.125. The Morgan fingerprint density at radius 1 is 1.06 bits per heavy atom. The molecule has 1 saturated carbocycles. The average Bonchev–Trinajstić information content (AvgIpc) is 3.53. The molecule has 1 aliphatic heterocycles. The Morgan fingerprint density at radius 3 is 2.48 bits per heavy atom. The van der Waals surface area contributed by atoms with Crippen LogP contribution in [-0.2, 0) is 20.2 Å². The number of sulfonamides is 1. The van der Waals surface area contributed by atoms with Gasteiger partial charge in [-0.3, -0.25) is 4.79 Å². The first-order valence-electron chi connectivity index (χ1n) is 10.3. The van der Waals surface area contributed by atoms with E-state index in [0.29, 0.717) is 36.1 Å². The number of amides is 1. The van der Waals surface area contributed by atoms with Gasteiger partial charge in [0.15, 0.2) is 0 Å². The van der Waals surface area contributed by atoms with Crippen molar-refractivity contribution in [3.05, 3.63) is 64.1 Å². The molecule has 1 heterocycles. The Bertz CT molecular complexity index is 1060. The maximum atomic E-state index is 12.8. The van der Waals surface area contributed by atoms with Crippen molar-refractivity contribution in [2.24, 2.45) is 5.92 Å². The van der Waals surface area contributed by atoms with E-state index in [1.807, 2.05) is 24.3 Å². The number of nitrogens with one attached hydrogen (secondary N) is 3. The highest BCUT2D eigenvalue weighted by atomic mass is 35.5. The fourth-order valence-electron chi connectivity index (χ4n) is 4.08. The van der Waals surface area contributed by atoms with E-state index >= 15 is 0 Å². The molecule has 1 aliphatic carbocycles. The molecule has 0 radical (unpaired) electrons. The second-order valence-electron chi connectivity index (χ2n) is 8.37. The van der Waals surface area contributed by atoms with Crippen molar-refractivity contribution in [2.45, 2.75) is 35.6 Å². The van der Waals surface area contributed by atoms with E-state index in [1.54, 1.807) is 12.1 Å². The largest absolute Gasteiger partial charge is 0.355 e. The number of halogens is 2. The van der Waals surface area contributed by atoms with Crippen molar-refractivity contribution in [2.75, 3.05) is 19.6 Å². The van der Waals surface area contributed by atoms with Gasteiger partial charge in [-0.15, -0.1) is 0 Å². The summed E-state index contributed by atoms with van der Waals surface area (Å²) in [4.78, 5) is 12.9. The van der Waals surface area contributed by atoms with Crippen LogP contribution in [0.15, 0.2) is 53.4 Å². The molecule has 3 N–H and O–H groups in total. The zero-order valence-corrected chi connectivity index (χ0v) is 19.2. The van der Waals surface area contributed by atoms with Crippen LogP contribution in [-0.4, -0.2) is 40.0 Å². The van der Waals surface area contributed by atoms with Gasteiger partial charge in [-0.1, -0.05) is 41.4 Å². The summed E-state index contributed by atoms with van der Waals surface area (Å²) in [7, 11) is -3.71. The van der Waals surface area contributed by atoms with Gasteiger partial charge < -0.3 is 10.6 Å². The van der Waals surface area contributed by atoms with Crippen LogP contribution in [0.4, 0.5) is 0 Å². The van der Waals surface area contributed by atoms with Crippen molar-refractivity contribution in [3.8, 4) is 0 Å². The van der Waals surface area contributed by atoms with Gasteiger partial charge in [-0.05, 0) is 55.2 Å². The van der Waals surface area contributed by atoms with E-state index in [4.69, 9.17) is 23.2 Å². The lowest BCUT2D eigenvalue weighted by atomic mass is 9.93. The molecule has 2 aromatic carbocycles. The highest BCUT2D eigenvalue weighted by molar-refractivity contribution is 7.89. The number of carbonyl (C=O) groups is 1. The molecule has 31 heavy (non-hydrogen) atoms. The molecule has 4 rings (SSSR count). The third kappa shape index (κ3) is 5.41. The van der Waals surface area contributed by atoms with Crippen LogP contribution in [0.1, 0.15) is 24.8 Å². The summed E-state index contributed by atoms with van der Waals surface area (Å²) in [6.45, 7) is 1.57. The van der Waals surface area contributed by atoms with Crippen LogP contribution >= 0.6 is 23.2 Å². The van der Waals surface area contributed by atoms with E-state index in [2.05, 4.69) is 15.4 Å². The molecule has 0 spiro atoms. The molecule has 1 saturated heterocycles. The molecule has 2 atom stereocenters. The van der Waals surface area contributed by atoms with E-state index in [-0.39, 0.29) is 28.2 Å². The molecular weight excluding hydrogens is 457 g/mol. The predicted octanol–water partition coefficient (Wildman–Crippen LogP) is 3.10. The topological polar surface area (TPSA) is 87.3 Å². The fraction of sp³-hybridized carbons (Fsp3) is 0.409. The highest BCUT2D eigenvalue weighted by Gasteiger charge is 2.44. The van der Waals surface area contributed by atoms with Crippen LogP contribution in [0.2, 0.25) is 10.0 Å². The number of benzene rings is 2. The highest BCUT2D eigenvalue weighted by Crippen LogP contribution is 2.47. The lowest BCUT2D eigenvalue weighted by Crippen LogP contribution is -2.52. The first-order chi connectivity index (χ1) is 14.8. The molecule has 2 aromatic rings. The summed E-state index contributed by atoms with van der Waals surface area (Å²) >= 11 is 11.9. The van der Waals surface area contributed by atoms with Gasteiger partial charge in [-0.25, -0.2) is 13.1 Å². The van der Waals surface area contributed by atoms with Crippen molar-refractivity contribution in [3.63, 3.8) is 0 Å². The quantitative estimate of drug-likeness (QED) is 0.566. The molecule has 2 aliphatic rings. The summed E-state index contributed by atoms with van der Waals surface area (Å²) in [5, 5.41) is 7.31. The number of hydrogen-bond acceptors (Lipinski definition) is 4. The van der Waals surface area contributed by atoms with E-state index in [1.165, 1.54) is 17.7 Å². The van der Waals surface area contributed by atoms with Crippen molar-refractivity contribution < 1.29 is 13.2 Å². The van der Waals surface area contributed by atoms with Crippen LogP contribution in [0, 0.1) is 5.92 Å². The van der Waals surface area contributed by atoms with Crippen molar-refractivity contribution in [1.29, 1.82) is 0 Å². The Hall–Kier alpha value is -1.64. The number of carbonyl (C=O) groups excluding carboxylic acids is 1. The normalized spacial score (nSPS) is 22.6. The van der Waals surface area contributed by atoms with Gasteiger partial charge in [0.25, 0.3) is 0 Å². The molecule has 0 unspecified atom stereocenters. The number of hydrogen-bond donors (Lipinski definition) is 3. The molecule has 166 valence electrons. The standard InChI is InChI=1S/C22H25Cl2N3O3S/c23-17-6-4-16(5-7-17)22(8-9-22)14-26-21(28)15-10-19(13-25-12-15)27-31(29,30)20-3-1-2-18(24)11-20/h1-7,11,15,19,25,27H,8-10,12-14H2,(H,26,28)/t15-,19-/m0/s1. The summed E-state index contributed by atoms with van der Waals surface area (Å²) < 4.78 is 28.0. The zero-order chi connectivity index (χ0) is 22.1. The molecule has 0 aromatic heterocycles. The van der Waals surface area contributed by atoms with Gasteiger partial charge in [0, 0.05) is 41.1 Å². The number of rotatable bonds is 7. The Balaban J connectivity index is 1.34. The zero-order valence-electron chi connectivity index (χ0n) is 16.9. The maximum absolute atomic E-state index is 12.8. The summed E-state index contributed by atoms with van der Waals surface area (Å²) in [6, 6.07) is 13.5. The Morgan fingerprint density at radius 2 is 1.81 bits per heavy atom. The Labute approximate surface area is 192 Å². The smallest absolute Gasteiger partial charge is 0.240 e. The monoisotopic (exact) mass is 481 g/mol. The third-order valence-electron chi connectivity index (χ3n) is 6.06.